The Morgan fingerprint density at radius 3 is 2.64 bits per heavy atom. The molecule has 3 aromatic rings. The smallest absolute Gasteiger partial charge is 0.271 e. The summed E-state index contributed by atoms with van der Waals surface area (Å²) in [4.78, 5) is 27.7. The van der Waals surface area contributed by atoms with E-state index in [9.17, 15) is 9.59 Å². The van der Waals surface area contributed by atoms with Crippen molar-refractivity contribution in [3.8, 4) is 22.8 Å². The molecule has 2 N–H and O–H groups in total. The summed E-state index contributed by atoms with van der Waals surface area (Å²) in [6.07, 6.45) is 2.53. The molecule has 2 amide bonds. The fourth-order valence-electron chi connectivity index (χ4n) is 4.99. The molecule has 2 aromatic carbocycles. The maximum absolute atomic E-state index is 13.0. The van der Waals surface area contributed by atoms with Gasteiger partial charge in [0.1, 0.15) is 5.69 Å². The van der Waals surface area contributed by atoms with E-state index in [0.717, 1.165) is 30.5 Å². The first kappa shape index (κ1) is 19.8. The van der Waals surface area contributed by atoms with Gasteiger partial charge in [-0.15, -0.1) is 0 Å². The van der Waals surface area contributed by atoms with Crippen LogP contribution in [0.3, 0.4) is 0 Å². The first-order chi connectivity index (χ1) is 16.1. The number of H-pyrrole nitrogens is 1. The second kappa shape index (κ2) is 7.65. The molecule has 1 saturated heterocycles. The minimum Gasteiger partial charge on any atom is -0.454 e. The summed E-state index contributed by atoms with van der Waals surface area (Å²) in [7, 11) is 0. The van der Waals surface area contributed by atoms with Crippen molar-refractivity contribution in [3.63, 3.8) is 0 Å². The molecule has 3 aliphatic rings. The van der Waals surface area contributed by atoms with E-state index in [1.807, 2.05) is 47.4 Å². The predicted octanol–water partition coefficient (Wildman–Crippen LogP) is 3.69. The number of benzene rings is 2. The number of likely N-dealkylation sites (tertiary alicyclic amines) is 1. The summed E-state index contributed by atoms with van der Waals surface area (Å²) < 4.78 is 10.7. The maximum atomic E-state index is 13.0. The molecule has 1 spiro atoms. The van der Waals surface area contributed by atoms with Gasteiger partial charge in [0.2, 0.25) is 12.7 Å². The molecule has 33 heavy (non-hydrogen) atoms. The van der Waals surface area contributed by atoms with Crippen molar-refractivity contribution < 1.29 is 19.1 Å². The predicted molar refractivity (Wildman–Crippen MR) is 121 cm³/mol. The van der Waals surface area contributed by atoms with Crippen molar-refractivity contribution in [1.82, 2.24) is 15.1 Å². The number of hydrogen-bond donors (Lipinski definition) is 2. The van der Waals surface area contributed by atoms with E-state index in [1.165, 1.54) is 0 Å². The first-order valence-electron chi connectivity index (χ1n) is 11.2. The summed E-state index contributed by atoms with van der Waals surface area (Å²) in [5, 5.41) is 10.2. The minimum absolute atomic E-state index is 0.000384. The Kier molecular flexibility index (Phi) is 4.60. The van der Waals surface area contributed by atoms with E-state index in [1.54, 1.807) is 12.1 Å². The van der Waals surface area contributed by atoms with Crippen molar-refractivity contribution in [2.75, 3.05) is 25.2 Å². The number of piperidine rings is 1. The van der Waals surface area contributed by atoms with Crippen LogP contribution in [0.1, 0.15) is 29.8 Å². The Bertz CT molecular complexity index is 1210. The van der Waals surface area contributed by atoms with E-state index in [2.05, 4.69) is 15.5 Å². The van der Waals surface area contributed by atoms with Gasteiger partial charge < -0.3 is 19.7 Å². The van der Waals surface area contributed by atoms with Gasteiger partial charge in [0, 0.05) is 36.3 Å². The molecular formula is C25H24N4O4. The second-order valence-corrected chi connectivity index (χ2v) is 9.00. The Morgan fingerprint density at radius 2 is 1.82 bits per heavy atom. The van der Waals surface area contributed by atoms with Crippen LogP contribution in [-0.2, 0) is 4.79 Å². The third-order valence-corrected chi connectivity index (χ3v) is 7.07. The van der Waals surface area contributed by atoms with E-state index in [4.69, 9.17) is 9.47 Å². The number of nitrogens with one attached hydrogen (secondary N) is 2. The molecule has 1 aromatic heterocycles. The molecule has 2 fully saturated rings. The quantitative estimate of drug-likeness (QED) is 0.640. The monoisotopic (exact) mass is 444 g/mol. The lowest BCUT2D eigenvalue weighted by molar-refractivity contribution is -0.118. The van der Waals surface area contributed by atoms with E-state index >= 15 is 0 Å². The van der Waals surface area contributed by atoms with Crippen molar-refractivity contribution in [2.24, 2.45) is 11.3 Å². The standard InChI is InChI=1S/C25H24N4O4/c30-23(26-17-6-7-21-22(12-17)33-15-32-21)18-14-25(18)8-10-29(11-9-25)24(31)20-13-19(27-28-20)16-4-2-1-3-5-16/h1-7,12-13,18H,8-11,14-15H2,(H,26,30)(H,27,28). The number of amides is 2. The summed E-state index contributed by atoms with van der Waals surface area (Å²) in [6, 6.07) is 17.0. The largest absolute Gasteiger partial charge is 0.454 e. The highest BCUT2D eigenvalue weighted by molar-refractivity contribution is 5.96. The number of aromatic amines is 1. The van der Waals surface area contributed by atoms with E-state index < -0.39 is 0 Å². The molecule has 168 valence electrons. The molecule has 1 saturated carbocycles. The zero-order chi connectivity index (χ0) is 22.4. The highest BCUT2D eigenvalue weighted by Crippen LogP contribution is 2.59. The number of hydrogen-bond acceptors (Lipinski definition) is 5. The molecule has 8 heteroatoms. The summed E-state index contributed by atoms with van der Waals surface area (Å²) in [5.41, 5.74) is 2.94. The van der Waals surface area contributed by atoms with Crippen molar-refractivity contribution in [3.05, 3.63) is 60.3 Å². The number of aromatic nitrogens is 2. The normalized spacial score (nSPS) is 20.0. The first-order valence-corrected chi connectivity index (χ1v) is 11.2. The fraction of sp³-hybridized carbons (Fsp3) is 0.320. The second-order valence-electron chi connectivity index (χ2n) is 9.00. The van der Waals surface area contributed by atoms with E-state index in [0.29, 0.717) is 36.0 Å². The summed E-state index contributed by atoms with van der Waals surface area (Å²) in [5.74, 6) is 1.33. The molecule has 0 radical (unpaired) electrons. The van der Waals surface area contributed by atoms with Crippen molar-refractivity contribution in [2.45, 2.75) is 19.3 Å². The topological polar surface area (TPSA) is 96.6 Å². The van der Waals surface area contributed by atoms with Crippen LogP contribution in [-0.4, -0.2) is 46.8 Å². The van der Waals surface area contributed by atoms with Gasteiger partial charge in [0.05, 0.1) is 5.69 Å². The van der Waals surface area contributed by atoms with Crippen molar-refractivity contribution >= 4 is 17.5 Å². The Hall–Kier alpha value is -3.81. The van der Waals surface area contributed by atoms with Gasteiger partial charge in [0.15, 0.2) is 11.5 Å². The van der Waals surface area contributed by atoms with Gasteiger partial charge in [-0.1, -0.05) is 30.3 Å². The molecular weight excluding hydrogens is 420 g/mol. The van der Waals surface area contributed by atoms with Crippen LogP contribution in [0.15, 0.2) is 54.6 Å². The number of carbonyl (C=O) groups is 2. The van der Waals surface area contributed by atoms with Gasteiger partial charge in [-0.3, -0.25) is 14.7 Å². The number of fused-ring (bicyclic) bond motifs is 1. The van der Waals surface area contributed by atoms with Crippen LogP contribution < -0.4 is 14.8 Å². The Morgan fingerprint density at radius 1 is 1.03 bits per heavy atom. The van der Waals surface area contributed by atoms with Gasteiger partial charge in [-0.25, -0.2) is 0 Å². The highest BCUT2D eigenvalue weighted by Gasteiger charge is 2.58. The zero-order valence-corrected chi connectivity index (χ0v) is 18.0. The number of ether oxygens (including phenoxy) is 2. The van der Waals surface area contributed by atoms with Gasteiger partial charge in [-0.2, -0.15) is 5.10 Å². The Balaban J connectivity index is 1.05. The van der Waals surface area contributed by atoms with Crippen LogP contribution >= 0.6 is 0 Å². The lowest BCUT2D eigenvalue weighted by Gasteiger charge is -2.32. The minimum atomic E-state index is -0.0402. The molecule has 3 heterocycles. The van der Waals surface area contributed by atoms with Crippen LogP contribution in [0, 0.1) is 11.3 Å². The molecule has 1 unspecified atom stereocenters. The van der Waals surface area contributed by atoms with Crippen molar-refractivity contribution in [1.29, 1.82) is 0 Å². The lowest BCUT2D eigenvalue weighted by atomic mass is 9.90. The molecule has 2 aliphatic heterocycles. The summed E-state index contributed by atoms with van der Waals surface area (Å²) >= 11 is 0. The highest BCUT2D eigenvalue weighted by atomic mass is 16.7. The van der Waals surface area contributed by atoms with Crippen LogP contribution in [0.25, 0.3) is 11.3 Å². The molecule has 1 aliphatic carbocycles. The average Bonchev–Trinajstić information content (AvgIpc) is 3.20. The van der Waals surface area contributed by atoms with E-state index in [-0.39, 0.29) is 29.9 Å². The fourth-order valence-corrected chi connectivity index (χ4v) is 4.99. The zero-order valence-electron chi connectivity index (χ0n) is 18.0. The van der Waals surface area contributed by atoms with Gasteiger partial charge >= 0.3 is 0 Å². The molecule has 6 rings (SSSR count). The van der Waals surface area contributed by atoms with Crippen LogP contribution in [0.4, 0.5) is 5.69 Å². The number of nitrogens with zero attached hydrogens (tertiary/aromatic N) is 2. The van der Waals surface area contributed by atoms with Gasteiger partial charge in [-0.05, 0) is 42.9 Å². The van der Waals surface area contributed by atoms with Crippen LogP contribution in [0.5, 0.6) is 11.5 Å². The molecule has 1 atom stereocenters. The van der Waals surface area contributed by atoms with Crippen LogP contribution in [0.2, 0.25) is 0 Å². The number of rotatable bonds is 4. The molecule has 0 bridgehead atoms. The molecule has 8 nitrogen and oxygen atoms in total. The lowest BCUT2D eigenvalue weighted by Crippen LogP contribution is -2.40. The van der Waals surface area contributed by atoms with Gasteiger partial charge in [0.25, 0.3) is 5.91 Å². The SMILES string of the molecule is O=C(Nc1ccc2c(c1)OCO2)C1CC12CCN(C(=O)c1cc(-c3ccccc3)n[nH]1)CC2. The summed E-state index contributed by atoms with van der Waals surface area (Å²) in [6.45, 7) is 1.50. The third-order valence-electron chi connectivity index (χ3n) is 7.07. The third kappa shape index (κ3) is 3.61. The Labute approximate surface area is 190 Å². The number of carbonyl (C=O) groups excluding carboxylic acids is 2. The number of anilines is 1. The maximum Gasteiger partial charge on any atom is 0.271 e. The average molecular weight is 444 g/mol.